The minimum atomic E-state index is -0.753. The second-order valence-electron chi connectivity index (χ2n) is 5.35. The lowest BCUT2D eigenvalue weighted by Gasteiger charge is -2.36. The Labute approximate surface area is 103 Å². The molecule has 17 heavy (non-hydrogen) atoms. The maximum atomic E-state index is 11.5. The average Bonchev–Trinajstić information content (AvgIpc) is 2.27. The zero-order chi connectivity index (χ0) is 13.0. The molecule has 0 heterocycles. The molecule has 3 atom stereocenters. The Morgan fingerprint density at radius 3 is 2.47 bits per heavy atom. The van der Waals surface area contributed by atoms with Crippen molar-refractivity contribution in [3.05, 3.63) is 0 Å². The van der Waals surface area contributed by atoms with Crippen molar-refractivity contribution < 1.29 is 14.3 Å². The van der Waals surface area contributed by atoms with Gasteiger partial charge in [0.15, 0.2) is 0 Å². The second kappa shape index (κ2) is 6.03. The molecule has 1 saturated carbocycles. The zero-order valence-corrected chi connectivity index (χ0v) is 11.2. The van der Waals surface area contributed by atoms with E-state index in [0.717, 1.165) is 12.8 Å². The van der Waals surface area contributed by atoms with Crippen LogP contribution in [0.3, 0.4) is 0 Å². The summed E-state index contributed by atoms with van der Waals surface area (Å²) in [5, 5.41) is 2.30. The van der Waals surface area contributed by atoms with E-state index in [0.29, 0.717) is 17.8 Å². The summed E-state index contributed by atoms with van der Waals surface area (Å²) in [4.78, 5) is 22.6. The number of likely N-dealkylation sites (N-methyl/N-ethyl adjacent to an activating group) is 1. The fourth-order valence-electron chi connectivity index (χ4n) is 2.54. The number of hydrogen-bond donors (Lipinski definition) is 1. The van der Waals surface area contributed by atoms with Gasteiger partial charge in [0, 0.05) is 7.05 Å². The van der Waals surface area contributed by atoms with E-state index < -0.39 is 11.9 Å². The van der Waals surface area contributed by atoms with E-state index in [4.69, 9.17) is 4.74 Å². The molecule has 0 aromatic rings. The van der Waals surface area contributed by atoms with Gasteiger partial charge in [0.2, 0.25) is 0 Å². The van der Waals surface area contributed by atoms with Crippen molar-refractivity contribution in [1.82, 2.24) is 5.32 Å². The molecule has 1 N–H and O–H groups in total. The van der Waals surface area contributed by atoms with Crippen LogP contribution in [0.5, 0.6) is 0 Å². The summed E-state index contributed by atoms with van der Waals surface area (Å²) >= 11 is 0. The summed E-state index contributed by atoms with van der Waals surface area (Å²) in [5.41, 5.74) is 0. The van der Waals surface area contributed by atoms with Crippen LogP contribution in [0.1, 0.15) is 40.0 Å². The summed E-state index contributed by atoms with van der Waals surface area (Å²) in [7, 11) is 1.44. The van der Waals surface area contributed by atoms with E-state index >= 15 is 0 Å². The van der Waals surface area contributed by atoms with E-state index in [-0.39, 0.29) is 6.10 Å². The lowest BCUT2D eigenvalue weighted by Crippen LogP contribution is -2.39. The van der Waals surface area contributed by atoms with Crippen LogP contribution in [0.25, 0.3) is 0 Å². The molecule has 4 heteroatoms. The number of carbonyl (C=O) groups is 2. The van der Waals surface area contributed by atoms with Gasteiger partial charge >= 0.3 is 11.9 Å². The number of esters is 1. The maximum absolute atomic E-state index is 11.5. The zero-order valence-electron chi connectivity index (χ0n) is 11.2. The first-order valence-corrected chi connectivity index (χ1v) is 6.38. The molecule has 1 amide bonds. The predicted octanol–water partition coefficient (Wildman–Crippen LogP) is 1.74. The highest BCUT2D eigenvalue weighted by molar-refractivity contribution is 6.32. The molecule has 0 spiro atoms. The smallest absolute Gasteiger partial charge is 0.397 e. The monoisotopic (exact) mass is 241 g/mol. The van der Waals surface area contributed by atoms with Crippen LogP contribution < -0.4 is 5.32 Å². The van der Waals surface area contributed by atoms with Crippen molar-refractivity contribution in [1.29, 1.82) is 0 Å². The van der Waals surface area contributed by atoms with Crippen LogP contribution in [-0.4, -0.2) is 25.0 Å². The van der Waals surface area contributed by atoms with Gasteiger partial charge in [0.1, 0.15) is 6.10 Å². The van der Waals surface area contributed by atoms with Gasteiger partial charge in [-0.05, 0) is 30.6 Å². The van der Waals surface area contributed by atoms with Crippen molar-refractivity contribution in [2.45, 2.75) is 46.1 Å². The third-order valence-corrected chi connectivity index (χ3v) is 3.63. The van der Waals surface area contributed by atoms with Gasteiger partial charge in [-0.25, -0.2) is 4.79 Å². The van der Waals surface area contributed by atoms with Crippen LogP contribution >= 0.6 is 0 Å². The van der Waals surface area contributed by atoms with Gasteiger partial charge < -0.3 is 10.1 Å². The Hall–Kier alpha value is -1.06. The largest absolute Gasteiger partial charge is 0.455 e. The van der Waals surface area contributed by atoms with Gasteiger partial charge in [0.05, 0.1) is 0 Å². The third kappa shape index (κ3) is 3.72. The van der Waals surface area contributed by atoms with Crippen molar-refractivity contribution in [3.63, 3.8) is 0 Å². The molecule has 0 aromatic carbocycles. The molecule has 0 radical (unpaired) electrons. The standard InChI is InChI=1S/C13H23NO3/c1-8(2)10-6-5-9(3)7-11(10)17-13(16)12(15)14-4/h8-11H,5-7H2,1-4H3,(H,14,15). The number of hydrogen-bond acceptors (Lipinski definition) is 3. The van der Waals surface area contributed by atoms with Gasteiger partial charge in [-0.1, -0.05) is 27.2 Å². The van der Waals surface area contributed by atoms with Gasteiger partial charge in [0.25, 0.3) is 0 Å². The number of ether oxygens (including phenoxy) is 1. The van der Waals surface area contributed by atoms with E-state index in [1.165, 1.54) is 13.5 Å². The predicted molar refractivity (Wildman–Crippen MR) is 65.3 cm³/mol. The number of nitrogens with one attached hydrogen (secondary N) is 1. The summed E-state index contributed by atoms with van der Waals surface area (Å²) in [5.74, 6) is 0.000245. The lowest BCUT2D eigenvalue weighted by atomic mass is 9.75. The van der Waals surface area contributed by atoms with Gasteiger partial charge in [-0.2, -0.15) is 0 Å². The second-order valence-corrected chi connectivity index (χ2v) is 5.35. The molecule has 98 valence electrons. The van der Waals surface area contributed by atoms with E-state index in [1.54, 1.807) is 0 Å². The lowest BCUT2D eigenvalue weighted by molar-refractivity contribution is -0.163. The highest BCUT2D eigenvalue weighted by atomic mass is 16.5. The average molecular weight is 241 g/mol. The van der Waals surface area contributed by atoms with Crippen molar-refractivity contribution in [2.75, 3.05) is 7.05 Å². The first-order valence-electron chi connectivity index (χ1n) is 6.38. The quantitative estimate of drug-likeness (QED) is 0.592. The Morgan fingerprint density at radius 2 is 1.94 bits per heavy atom. The van der Waals surface area contributed by atoms with Crippen LogP contribution in [0, 0.1) is 17.8 Å². The highest BCUT2D eigenvalue weighted by Crippen LogP contribution is 2.35. The Morgan fingerprint density at radius 1 is 1.29 bits per heavy atom. The molecule has 4 nitrogen and oxygen atoms in total. The molecule has 3 unspecified atom stereocenters. The van der Waals surface area contributed by atoms with Gasteiger partial charge in [-0.15, -0.1) is 0 Å². The topological polar surface area (TPSA) is 55.4 Å². The SMILES string of the molecule is CNC(=O)C(=O)OC1CC(C)CCC1C(C)C. The van der Waals surface area contributed by atoms with Crippen LogP contribution in [0.2, 0.25) is 0 Å². The minimum absolute atomic E-state index is 0.108. The highest BCUT2D eigenvalue weighted by Gasteiger charge is 2.34. The Bertz CT molecular complexity index is 288. The molecular formula is C13H23NO3. The van der Waals surface area contributed by atoms with Crippen molar-refractivity contribution in [2.24, 2.45) is 17.8 Å². The first-order chi connectivity index (χ1) is 7.95. The third-order valence-electron chi connectivity index (χ3n) is 3.63. The summed E-state index contributed by atoms with van der Waals surface area (Å²) in [6.45, 7) is 6.44. The van der Waals surface area contributed by atoms with Crippen LogP contribution in [0.15, 0.2) is 0 Å². The summed E-state index contributed by atoms with van der Waals surface area (Å²) in [6, 6.07) is 0. The van der Waals surface area contributed by atoms with Crippen LogP contribution in [0.4, 0.5) is 0 Å². The molecule has 1 aliphatic carbocycles. The molecule has 1 rings (SSSR count). The van der Waals surface area contributed by atoms with Crippen LogP contribution in [-0.2, 0) is 14.3 Å². The van der Waals surface area contributed by atoms with E-state index in [2.05, 4.69) is 26.1 Å². The Kier molecular flexibility index (Phi) is 4.97. The van der Waals surface area contributed by atoms with Crippen molar-refractivity contribution in [3.8, 4) is 0 Å². The number of amides is 1. The molecule has 0 bridgehead atoms. The molecule has 0 saturated heterocycles. The summed E-state index contributed by atoms with van der Waals surface area (Å²) in [6.07, 6.45) is 3.01. The Balaban J connectivity index is 2.63. The number of carbonyl (C=O) groups excluding carboxylic acids is 2. The minimum Gasteiger partial charge on any atom is -0.455 e. The molecule has 0 aliphatic heterocycles. The van der Waals surface area contributed by atoms with Crippen molar-refractivity contribution >= 4 is 11.9 Å². The number of rotatable bonds is 2. The first kappa shape index (κ1) is 14.0. The fourth-order valence-corrected chi connectivity index (χ4v) is 2.54. The van der Waals surface area contributed by atoms with E-state index in [9.17, 15) is 9.59 Å². The maximum Gasteiger partial charge on any atom is 0.397 e. The fraction of sp³-hybridized carbons (Fsp3) is 0.846. The molecule has 1 fully saturated rings. The van der Waals surface area contributed by atoms with E-state index in [1.807, 2.05) is 0 Å². The van der Waals surface area contributed by atoms with Gasteiger partial charge in [-0.3, -0.25) is 4.79 Å². The normalized spacial score (nSPS) is 28.9. The molecule has 1 aliphatic rings. The molecular weight excluding hydrogens is 218 g/mol. The molecule has 0 aromatic heterocycles. The summed E-state index contributed by atoms with van der Waals surface area (Å²) < 4.78 is 5.34.